The van der Waals surface area contributed by atoms with E-state index in [2.05, 4.69) is 0 Å². The number of nitrogens with two attached hydrogens (primary N) is 1. The zero-order chi connectivity index (χ0) is 9.56. The SMILES string of the molecule is COC(CN(C)CC(N)=O)OC. The Kier molecular flexibility index (Phi) is 5.61. The van der Waals surface area contributed by atoms with Crippen molar-refractivity contribution in [3.05, 3.63) is 0 Å². The first-order valence-corrected chi connectivity index (χ1v) is 3.62. The van der Waals surface area contributed by atoms with Crippen molar-refractivity contribution in [3.63, 3.8) is 0 Å². The van der Waals surface area contributed by atoms with Gasteiger partial charge in [-0.25, -0.2) is 0 Å². The second kappa shape index (κ2) is 5.93. The molecule has 0 heterocycles. The Balaban J connectivity index is 3.65. The van der Waals surface area contributed by atoms with Crippen molar-refractivity contribution in [3.8, 4) is 0 Å². The summed E-state index contributed by atoms with van der Waals surface area (Å²) in [5, 5.41) is 0. The molecule has 5 nitrogen and oxygen atoms in total. The van der Waals surface area contributed by atoms with E-state index < -0.39 is 0 Å². The van der Waals surface area contributed by atoms with E-state index in [0.29, 0.717) is 6.54 Å². The van der Waals surface area contributed by atoms with E-state index in [-0.39, 0.29) is 18.7 Å². The zero-order valence-electron chi connectivity index (χ0n) is 7.74. The van der Waals surface area contributed by atoms with Crippen LogP contribution in [0.2, 0.25) is 0 Å². The Morgan fingerprint density at radius 1 is 1.50 bits per heavy atom. The number of nitrogens with zero attached hydrogens (tertiary/aromatic N) is 1. The zero-order valence-corrected chi connectivity index (χ0v) is 7.74. The molecular formula is C7H16N2O3. The highest BCUT2D eigenvalue weighted by atomic mass is 16.7. The fraction of sp³-hybridized carbons (Fsp3) is 0.857. The van der Waals surface area contributed by atoms with Crippen molar-refractivity contribution in [1.82, 2.24) is 4.90 Å². The third-order valence-corrected chi connectivity index (χ3v) is 1.41. The lowest BCUT2D eigenvalue weighted by Crippen LogP contribution is -2.37. The van der Waals surface area contributed by atoms with E-state index in [1.807, 2.05) is 0 Å². The van der Waals surface area contributed by atoms with Crippen LogP contribution >= 0.6 is 0 Å². The van der Waals surface area contributed by atoms with Crippen LogP contribution in [0.4, 0.5) is 0 Å². The van der Waals surface area contributed by atoms with Gasteiger partial charge in [0.15, 0.2) is 6.29 Å². The summed E-state index contributed by atoms with van der Waals surface area (Å²) < 4.78 is 9.87. The van der Waals surface area contributed by atoms with Crippen molar-refractivity contribution >= 4 is 5.91 Å². The Morgan fingerprint density at radius 2 is 2.00 bits per heavy atom. The van der Waals surface area contributed by atoms with Crippen LogP contribution < -0.4 is 5.73 Å². The first kappa shape index (κ1) is 11.4. The van der Waals surface area contributed by atoms with E-state index >= 15 is 0 Å². The monoisotopic (exact) mass is 176 g/mol. The van der Waals surface area contributed by atoms with Crippen molar-refractivity contribution in [1.29, 1.82) is 0 Å². The predicted molar refractivity (Wildman–Crippen MR) is 44.5 cm³/mol. The van der Waals surface area contributed by atoms with Gasteiger partial charge in [-0.1, -0.05) is 0 Å². The molecule has 0 aromatic heterocycles. The van der Waals surface area contributed by atoms with E-state index in [4.69, 9.17) is 15.2 Å². The summed E-state index contributed by atoms with van der Waals surface area (Å²) in [5.74, 6) is -0.358. The Bertz CT molecular complexity index is 137. The van der Waals surface area contributed by atoms with Crippen LogP contribution in [0.3, 0.4) is 0 Å². The summed E-state index contributed by atoms with van der Waals surface area (Å²) in [6, 6.07) is 0. The number of likely N-dealkylation sites (N-methyl/N-ethyl adjacent to an activating group) is 1. The quantitative estimate of drug-likeness (QED) is 0.528. The average Bonchev–Trinajstić information content (AvgIpc) is 1.98. The van der Waals surface area contributed by atoms with E-state index in [9.17, 15) is 4.79 Å². The van der Waals surface area contributed by atoms with Crippen LogP contribution in [0.1, 0.15) is 0 Å². The van der Waals surface area contributed by atoms with Gasteiger partial charge in [0.2, 0.25) is 5.91 Å². The molecular weight excluding hydrogens is 160 g/mol. The molecule has 12 heavy (non-hydrogen) atoms. The maximum Gasteiger partial charge on any atom is 0.231 e. The topological polar surface area (TPSA) is 64.8 Å². The molecule has 0 spiro atoms. The second-order valence-electron chi connectivity index (χ2n) is 2.56. The summed E-state index contributed by atoms with van der Waals surface area (Å²) >= 11 is 0. The molecule has 0 bridgehead atoms. The Labute approximate surface area is 72.4 Å². The molecule has 0 atom stereocenters. The summed E-state index contributed by atoms with van der Waals surface area (Å²) in [5.41, 5.74) is 4.99. The summed E-state index contributed by atoms with van der Waals surface area (Å²) in [6.45, 7) is 0.735. The first-order chi connectivity index (χ1) is 5.60. The van der Waals surface area contributed by atoms with Gasteiger partial charge in [0, 0.05) is 20.8 Å². The smallest absolute Gasteiger partial charge is 0.231 e. The summed E-state index contributed by atoms with van der Waals surface area (Å²) in [4.78, 5) is 12.2. The lowest BCUT2D eigenvalue weighted by molar-refractivity contribution is -0.125. The number of primary amides is 1. The predicted octanol–water partition coefficient (Wildman–Crippen LogP) is -0.978. The van der Waals surface area contributed by atoms with Crippen molar-refractivity contribution < 1.29 is 14.3 Å². The number of rotatable bonds is 6. The van der Waals surface area contributed by atoms with Gasteiger partial charge in [-0.3, -0.25) is 9.69 Å². The van der Waals surface area contributed by atoms with Gasteiger partial charge in [-0.05, 0) is 7.05 Å². The number of amides is 1. The first-order valence-electron chi connectivity index (χ1n) is 3.62. The number of hydrogen-bond acceptors (Lipinski definition) is 4. The highest BCUT2D eigenvalue weighted by Crippen LogP contribution is 1.93. The van der Waals surface area contributed by atoms with Crippen LogP contribution in [0.25, 0.3) is 0 Å². The number of carbonyl (C=O) groups is 1. The van der Waals surface area contributed by atoms with Crippen LogP contribution in [0.15, 0.2) is 0 Å². The number of hydrogen-bond donors (Lipinski definition) is 1. The second-order valence-corrected chi connectivity index (χ2v) is 2.56. The highest BCUT2D eigenvalue weighted by molar-refractivity contribution is 5.75. The molecule has 0 saturated carbocycles. The third kappa shape index (κ3) is 5.06. The molecule has 0 radical (unpaired) electrons. The molecule has 0 aliphatic carbocycles. The van der Waals surface area contributed by atoms with Gasteiger partial charge in [0.1, 0.15) is 0 Å². The number of ether oxygens (including phenoxy) is 2. The molecule has 5 heteroatoms. The van der Waals surface area contributed by atoms with E-state index in [0.717, 1.165) is 0 Å². The van der Waals surface area contributed by atoms with Gasteiger partial charge in [0.25, 0.3) is 0 Å². The molecule has 1 amide bonds. The molecule has 0 aliphatic heterocycles. The molecule has 2 N–H and O–H groups in total. The molecule has 0 saturated heterocycles. The largest absolute Gasteiger partial charge is 0.369 e. The van der Waals surface area contributed by atoms with Crippen LogP contribution in [0.5, 0.6) is 0 Å². The number of methoxy groups -OCH3 is 2. The standard InChI is InChI=1S/C7H16N2O3/c1-9(4-6(8)10)5-7(11-2)12-3/h7H,4-5H2,1-3H3,(H2,8,10). The normalized spacial score (nSPS) is 11.1. The van der Waals surface area contributed by atoms with Gasteiger partial charge in [0.05, 0.1) is 6.54 Å². The Hall–Kier alpha value is -0.650. The van der Waals surface area contributed by atoms with E-state index in [1.165, 1.54) is 0 Å². The fourth-order valence-corrected chi connectivity index (χ4v) is 0.830. The molecule has 0 unspecified atom stereocenters. The molecule has 0 rings (SSSR count). The van der Waals surface area contributed by atoms with Gasteiger partial charge in [-0.15, -0.1) is 0 Å². The average molecular weight is 176 g/mol. The van der Waals surface area contributed by atoms with Gasteiger partial charge in [-0.2, -0.15) is 0 Å². The van der Waals surface area contributed by atoms with Gasteiger partial charge >= 0.3 is 0 Å². The third-order valence-electron chi connectivity index (χ3n) is 1.41. The van der Waals surface area contributed by atoms with E-state index in [1.54, 1.807) is 26.2 Å². The van der Waals surface area contributed by atoms with Crippen molar-refractivity contribution in [2.75, 3.05) is 34.4 Å². The number of carbonyl (C=O) groups excluding carboxylic acids is 1. The summed E-state index contributed by atoms with van der Waals surface area (Å²) in [7, 11) is 4.87. The molecule has 0 aromatic rings. The molecule has 0 aliphatic rings. The molecule has 72 valence electrons. The van der Waals surface area contributed by atoms with Crippen LogP contribution in [0, 0.1) is 0 Å². The fourth-order valence-electron chi connectivity index (χ4n) is 0.830. The van der Waals surface area contributed by atoms with Gasteiger partial charge < -0.3 is 15.2 Å². The lowest BCUT2D eigenvalue weighted by Gasteiger charge is -2.20. The Morgan fingerprint density at radius 3 is 2.33 bits per heavy atom. The minimum Gasteiger partial charge on any atom is -0.369 e. The maximum absolute atomic E-state index is 10.5. The minimum atomic E-state index is -0.358. The lowest BCUT2D eigenvalue weighted by atomic mass is 10.5. The van der Waals surface area contributed by atoms with Crippen molar-refractivity contribution in [2.45, 2.75) is 6.29 Å². The van der Waals surface area contributed by atoms with Crippen LogP contribution in [-0.4, -0.2) is 51.5 Å². The van der Waals surface area contributed by atoms with Crippen molar-refractivity contribution in [2.24, 2.45) is 5.73 Å². The summed E-state index contributed by atoms with van der Waals surface area (Å²) in [6.07, 6.45) is -0.311. The minimum absolute atomic E-state index is 0.212. The molecule has 0 fully saturated rings. The highest BCUT2D eigenvalue weighted by Gasteiger charge is 2.10. The maximum atomic E-state index is 10.5. The van der Waals surface area contributed by atoms with Crippen LogP contribution in [-0.2, 0) is 14.3 Å². The molecule has 0 aromatic carbocycles.